The molecule has 0 bridgehead atoms. The van der Waals surface area contributed by atoms with Crippen molar-refractivity contribution < 1.29 is 9.47 Å². The molecule has 2 rings (SSSR count). The van der Waals surface area contributed by atoms with Crippen molar-refractivity contribution in [3.63, 3.8) is 0 Å². The van der Waals surface area contributed by atoms with Gasteiger partial charge in [0.2, 0.25) is 0 Å². The van der Waals surface area contributed by atoms with Gasteiger partial charge in [-0.05, 0) is 49.1 Å². The van der Waals surface area contributed by atoms with Crippen LogP contribution in [0.5, 0.6) is 17.2 Å². The summed E-state index contributed by atoms with van der Waals surface area (Å²) < 4.78 is 11.1. The number of hydrogen-bond donors (Lipinski definition) is 1. The van der Waals surface area contributed by atoms with E-state index in [-0.39, 0.29) is 6.04 Å². The molecule has 2 aromatic rings. The highest BCUT2D eigenvalue weighted by molar-refractivity contribution is 5.41. The lowest BCUT2D eigenvalue weighted by Crippen LogP contribution is -2.21. The highest BCUT2D eigenvalue weighted by atomic mass is 16.5. The summed E-state index contributed by atoms with van der Waals surface area (Å²) in [6.45, 7) is 4.16. The molecule has 1 atom stereocenters. The number of methoxy groups -OCH3 is 1. The Bertz CT molecular complexity index is 596. The smallest absolute Gasteiger partial charge is 0.131 e. The van der Waals surface area contributed by atoms with Crippen LogP contribution in [0.15, 0.2) is 42.5 Å². The lowest BCUT2D eigenvalue weighted by atomic mass is 10.0. The second-order valence-electron chi connectivity index (χ2n) is 5.25. The van der Waals surface area contributed by atoms with Crippen molar-refractivity contribution in [3.8, 4) is 17.2 Å². The zero-order chi connectivity index (χ0) is 15.2. The summed E-state index contributed by atoms with van der Waals surface area (Å²) in [7, 11) is 1.65. The Kier molecular flexibility index (Phi) is 5.23. The maximum Gasteiger partial charge on any atom is 0.131 e. The van der Waals surface area contributed by atoms with E-state index in [1.54, 1.807) is 7.11 Å². The number of hydrogen-bond acceptors (Lipinski definition) is 3. The van der Waals surface area contributed by atoms with Crippen molar-refractivity contribution in [1.82, 2.24) is 0 Å². The molecule has 112 valence electrons. The number of rotatable bonds is 6. The van der Waals surface area contributed by atoms with Crippen LogP contribution in [0.2, 0.25) is 0 Å². The monoisotopic (exact) mass is 285 g/mol. The van der Waals surface area contributed by atoms with Gasteiger partial charge in [0.15, 0.2) is 0 Å². The Labute approximate surface area is 126 Å². The van der Waals surface area contributed by atoms with Crippen LogP contribution in [0.1, 0.15) is 24.5 Å². The molecular formula is C18H23NO2. The van der Waals surface area contributed by atoms with Crippen LogP contribution in [0.25, 0.3) is 0 Å². The van der Waals surface area contributed by atoms with Crippen molar-refractivity contribution in [1.29, 1.82) is 0 Å². The van der Waals surface area contributed by atoms with E-state index >= 15 is 0 Å². The minimum absolute atomic E-state index is 0.217. The predicted octanol–water partition coefficient (Wildman–Crippen LogP) is 4.08. The van der Waals surface area contributed by atoms with E-state index in [1.165, 1.54) is 5.56 Å². The Morgan fingerprint density at radius 1 is 1.10 bits per heavy atom. The Morgan fingerprint density at radius 2 is 1.86 bits per heavy atom. The van der Waals surface area contributed by atoms with E-state index in [2.05, 4.69) is 26.0 Å². The third-order valence-electron chi connectivity index (χ3n) is 3.53. The van der Waals surface area contributed by atoms with E-state index in [4.69, 9.17) is 15.2 Å². The van der Waals surface area contributed by atoms with Crippen LogP contribution in [0, 0.1) is 6.92 Å². The van der Waals surface area contributed by atoms with Crippen molar-refractivity contribution in [2.24, 2.45) is 5.73 Å². The molecule has 0 fully saturated rings. The van der Waals surface area contributed by atoms with Crippen LogP contribution < -0.4 is 15.2 Å². The van der Waals surface area contributed by atoms with Gasteiger partial charge in [-0.1, -0.05) is 25.1 Å². The Morgan fingerprint density at radius 3 is 2.52 bits per heavy atom. The standard InChI is InChI=1S/C18H23NO2/c1-4-15(19)11-14-8-9-18(13(2)10-14)21-17-7-5-6-16(12-17)20-3/h5-10,12,15H,4,11,19H2,1-3H3. The molecule has 0 aliphatic carbocycles. The molecule has 1 unspecified atom stereocenters. The molecule has 3 nitrogen and oxygen atoms in total. The highest BCUT2D eigenvalue weighted by Gasteiger charge is 2.06. The topological polar surface area (TPSA) is 44.5 Å². The van der Waals surface area contributed by atoms with Gasteiger partial charge >= 0.3 is 0 Å². The summed E-state index contributed by atoms with van der Waals surface area (Å²) in [6.07, 6.45) is 1.89. The fraction of sp³-hybridized carbons (Fsp3) is 0.333. The zero-order valence-electron chi connectivity index (χ0n) is 12.9. The van der Waals surface area contributed by atoms with Crippen molar-refractivity contribution in [3.05, 3.63) is 53.6 Å². The SMILES string of the molecule is CCC(N)Cc1ccc(Oc2cccc(OC)c2)c(C)c1. The van der Waals surface area contributed by atoms with Crippen LogP contribution >= 0.6 is 0 Å². The van der Waals surface area contributed by atoms with Crippen LogP contribution in [-0.2, 0) is 6.42 Å². The van der Waals surface area contributed by atoms with Crippen molar-refractivity contribution in [2.45, 2.75) is 32.7 Å². The number of aryl methyl sites for hydroxylation is 1. The van der Waals surface area contributed by atoms with Crippen molar-refractivity contribution >= 4 is 0 Å². The molecule has 2 aromatic carbocycles. The fourth-order valence-corrected chi connectivity index (χ4v) is 2.19. The number of benzene rings is 2. The summed E-state index contributed by atoms with van der Waals surface area (Å²) in [6, 6.07) is 14.1. The van der Waals surface area contributed by atoms with Gasteiger partial charge in [-0.3, -0.25) is 0 Å². The van der Waals surface area contributed by atoms with Crippen LogP contribution in [0.3, 0.4) is 0 Å². The van der Waals surface area contributed by atoms with Gasteiger partial charge in [-0.25, -0.2) is 0 Å². The maximum atomic E-state index is 6.00. The van der Waals surface area contributed by atoms with E-state index < -0.39 is 0 Å². The van der Waals surface area contributed by atoms with E-state index in [0.717, 1.165) is 35.7 Å². The van der Waals surface area contributed by atoms with Gasteiger partial charge in [0.1, 0.15) is 17.2 Å². The number of nitrogens with two attached hydrogens (primary N) is 1. The molecule has 0 saturated heterocycles. The normalized spacial score (nSPS) is 12.0. The molecule has 21 heavy (non-hydrogen) atoms. The summed E-state index contributed by atoms with van der Waals surface area (Å²) in [4.78, 5) is 0. The van der Waals surface area contributed by atoms with Gasteiger partial charge in [0.25, 0.3) is 0 Å². The molecule has 0 saturated carbocycles. The molecule has 2 N–H and O–H groups in total. The molecule has 0 aliphatic heterocycles. The molecule has 0 aromatic heterocycles. The molecule has 3 heteroatoms. The van der Waals surface area contributed by atoms with Crippen LogP contribution in [-0.4, -0.2) is 13.2 Å². The van der Waals surface area contributed by atoms with Gasteiger partial charge < -0.3 is 15.2 Å². The third kappa shape index (κ3) is 4.23. The lowest BCUT2D eigenvalue weighted by molar-refractivity contribution is 0.409. The highest BCUT2D eigenvalue weighted by Crippen LogP contribution is 2.28. The number of ether oxygens (including phenoxy) is 2. The Balaban J connectivity index is 2.13. The molecule has 0 spiro atoms. The molecular weight excluding hydrogens is 262 g/mol. The van der Waals surface area contributed by atoms with Gasteiger partial charge in [-0.15, -0.1) is 0 Å². The summed E-state index contributed by atoms with van der Waals surface area (Å²) >= 11 is 0. The van der Waals surface area contributed by atoms with Gasteiger partial charge in [0, 0.05) is 12.1 Å². The maximum absolute atomic E-state index is 6.00. The van der Waals surface area contributed by atoms with E-state index in [0.29, 0.717) is 0 Å². The first kappa shape index (κ1) is 15.4. The van der Waals surface area contributed by atoms with Crippen molar-refractivity contribution in [2.75, 3.05) is 7.11 Å². The minimum atomic E-state index is 0.217. The quantitative estimate of drug-likeness (QED) is 0.870. The fourth-order valence-electron chi connectivity index (χ4n) is 2.19. The Hall–Kier alpha value is -2.00. The zero-order valence-corrected chi connectivity index (χ0v) is 12.9. The van der Waals surface area contributed by atoms with Gasteiger partial charge in [-0.2, -0.15) is 0 Å². The molecule has 0 heterocycles. The third-order valence-corrected chi connectivity index (χ3v) is 3.53. The molecule has 0 aliphatic rings. The minimum Gasteiger partial charge on any atom is -0.497 e. The largest absolute Gasteiger partial charge is 0.497 e. The first-order chi connectivity index (χ1) is 10.1. The molecule has 0 radical (unpaired) electrons. The first-order valence-corrected chi connectivity index (χ1v) is 7.29. The summed E-state index contributed by atoms with van der Waals surface area (Å²) in [5.74, 6) is 2.42. The summed E-state index contributed by atoms with van der Waals surface area (Å²) in [5.41, 5.74) is 8.36. The second-order valence-corrected chi connectivity index (χ2v) is 5.25. The lowest BCUT2D eigenvalue weighted by Gasteiger charge is -2.13. The van der Waals surface area contributed by atoms with Gasteiger partial charge in [0.05, 0.1) is 7.11 Å². The van der Waals surface area contributed by atoms with E-state index in [9.17, 15) is 0 Å². The second kappa shape index (κ2) is 7.14. The van der Waals surface area contributed by atoms with E-state index in [1.807, 2.05) is 30.3 Å². The molecule has 0 amide bonds. The average molecular weight is 285 g/mol. The average Bonchev–Trinajstić information content (AvgIpc) is 2.50. The summed E-state index contributed by atoms with van der Waals surface area (Å²) in [5, 5.41) is 0. The van der Waals surface area contributed by atoms with Crippen LogP contribution in [0.4, 0.5) is 0 Å². The predicted molar refractivity (Wildman–Crippen MR) is 86.2 cm³/mol. The first-order valence-electron chi connectivity index (χ1n) is 7.29.